The van der Waals surface area contributed by atoms with Gasteiger partial charge in [0.15, 0.2) is 12.2 Å². The van der Waals surface area contributed by atoms with Crippen molar-refractivity contribution in [2.24, 2.45) is 0 Å². The molecule has 0 bridgehead atoms. The van der Waals surface area contributed by atoms with Gasteiger partial charge in [-0.15, -0.1) is 0 Å². The summed E-state index contributed by atoms with van der Waals surface area (Å²) in [5.41, 5.74) is 3.06. The summed E-state index contributed by atoms with van der Waals surface area (Å²) in [6.07, 6.45) is 1.48. The molecule has 0 aromatic carbocycles. The van der Waals surface area contributed by atoms with Crippen molar-refractivity contribution in [3.8, 4) is 11.3 Å². The van der Waals surface area contributed by atoms with Crippen molar-refractivity contribution >= 4 is 0 Å². The van der Waals surface area contributed by atoms with Crippen molar-refractivity contribution in [2.75, 3.05) is 7.05 Å². The highest BCUT2D eigenvalue weighted by molar-refractivity contribution is 5.67. The van der Waals surface area contributed by atoms with E-state index in [1.807, 2.05) is 27.8 Å². The molecule has 16 heavy (non-hydrogen) atoms. The van der Waals surface area contributed by atoms with Gasteiger partial charge in [-0.2, -0.15) is 0 Å². The number of nitrogens with one attached hydrogen (secondary N) is 1. The summed E-state index contributed by atoms with van der Waals surface area (Å²) in [4.78, 5) is 4.20. The Kier molecular flexibility index (Phi) is 2.83. The summed E-state index contributed by atoms with van der Waals surface area (Å²) in [6.45, 7) is 6.63. The lowest BCUT2D eigenvalue weighted by Gasteiger charge is -2.00. The normalized spacial score (nSPS) is 11.0. The molecular formula is C12H16N2O2. The van der Waals surface area contributed by atoms with Crippen LogP contribution < -0.4 is 5.32 Å². The van der Waals surface area contributed by atoms with Crippen molar-refractivity contribution < 1.29 is 8.83 Å². The Morgan fingerprint density at radius 3 is 2.56 bits per heavy atom. The largest absolute Gasteiger partial charge is 0.466 e. The molecule has 2 aromatic rings. The van der Waals surface area contributed by atoms with E-state index < -0.39 is 0 Å². The predicted octanol–water partition coefficient (Wildman–Crippen LogP) is 2.58. The second-order valence-electron chi connectivity index (χ2n) is 3.87. The molecule has 4 nitrogen and oxygen atoms in total. The monoisotopic (exact) mass is 220 g/mol. The molecule has 1 N–H and O–H groups in total. The van der Waals surface area contributed by atoms with E-state index in [0.29, 0.717) is 6.54 Å². The Morgan fingerprint density at radius 1 is 1.25 bits per heavy atom. The molecule has 0 aliphatic carbocycles. The molecule has 2 aromatic heterocycles. The van der Waals surface area contributed by atoms with E-state index in [1.54, 1.807) is 0 Å². The maximum absolute atomic E-state index is 5.59. The number of nitrogens with zero attached hydrogens (tertiary/aromatic N) is 1. The Morgan fingerprint density at radius 2 is 2.00 bits per heavy atom. The first-order valence-corrected chi connectivity index (χ1v) is 5.29. The Labute approximate surface area is 94.7 Å². The zero-order valence-corrected chi connectivity index (χ0v) is 10.0. The second-order valence-corrected chi connectivity index (χ2v) is 3.87. The van der Waals surface area contributed by atoms with Crippen LogP contribution in [0, 0.1) is 20.8 Å². The van der Waals surface area contributed by atoms with E-state index in [0.717, 1.165) is 34.1 Å². The summed E-state index contributed by atoms with van der Waals surface area (Å²) < 4.78 is 11.1. The fourth-order valence-corrected chi connectivity index (χ4v) is 1.89. The lowest BCUT2D eigenvalue weighted by atomic mass is 10.1. The summed E-state index contributed by atoms with van der Waals surface area (Å²) >= 11 is 0. The molecule has 86 valence electrons. The van der Waals surface area contributed by atoms with E-state index in [2.05, 4.69) is 10.3 Å². The molecule has 0 saturated heterocycles. The minimum atomic E-state index is 0.689. The van der Waals surface area contributed by atoms with E-state index in [-0.39, 0.29) is 0 Å². The number of rotatable bonds is 3. The van der Waals surface area contributed by atoms with E-state index in [9.17, 15) is 0 Å². The van der Waals surface area contributed by atoms with Gasteiger partial charge in [-0.3, -0.25) is 0 Å². The molecule has 0 amide bonds. The van der Waals surface area contributed by atoms with Crippen LogP contribution >= 0.6 is 0 Å². The topological polar surface area (TPSA) is 51.2 Å². The molecule has 0 aliphatic rings. The average molecular weight is 220 g/mol. The first kappa shape index (κ1) is 11.0. The van der Waals surface area contributed by atoms with Crippen LogP contribution in [0.15, 0.2) is 15.2 Å². The molecule has 2 heterocycles. The maximum atomic E-state index is 5.59. The highest BCUT2D eigenvalue weighted by Gasteiger charge is 2.19. The van der Waals surface area contributed by atoms with Crippen molar-refractivity contribution in [3.63, 3.8) is 0 Å². The molecule has 0 fully saturated rings. The Bertz CT molecular complexity index is 497. The Balaban J connectivity index is 2.54. The third-order valence-electron chi connectivity index (χ3n) is 2.77. The number of hydrogen-bond donors (Lipinski definition) is 1. The zero-order valence-electron chi connectivity index (χ0n) is 10.0. The van der Waals surface area contributed by atoms with E-state index >= 15 is 0 Å². The summed E-state index contributed by atoms with van der Waals surface area (Å²) in [5.74, 6) is 2.62. The van der Waals surface area contributed by atoms with Gasteiger partial charge in [-0.05, 0) is 27.8 Å². The number of aryl methyl sites for hydroxylation is 2. The van der Waals surface area contributed by atoms with Gasteiger partial charge in [-0.1, -0.05) is 0 Å². The first-order chi connectivity index (χ1) is 7.65. The van der Waals surface area contributed by atoms with Gasteiger partial charge in [0.1, 0.15) is 17.2 Å². The number of aromatic nitrogens is 1. The third kappa shape index (κ3) is 1.65. The van der Waals surface area contributed by atoms with Gasteiger partial charge in [0.25, 0.3) is 0 Å². The minimum Gasteiger partial charge on any atom is -0.466 e. The lowest BCUT2D eigenvalue weighted by molar-refractivity contribution is 0.501. The van der Waals surface area contributed by atoms with Crippen LogP contribution in [0.3, 0.4) is 0 Å². The molecule has 2 rings (SSSR count). The fourth-order valence-electron chi connectivity index (χ4n) is 1.89. The van der Waals surface area contributed by atoms with Gasteiger partial charge >= 0.3 is 0 Å². The average Bonchev–Trinajstić information content (AvgIpc) is 2.75. The van der Waals surface area contributed by atoms with Crippen molar-refractivity contribution in [3.05, 3.63) is 29.2 Å². The van der Waals surface area contributed by atoms with Gasteiger partial charge in [0.05, 0.1) is 5.56 Å². The van der Waals surface area contributed by atoms with Crippen LogP contribution in [0.25, 0.3) is 11.3 Å². The Hall–Kier alpha value is -1.55. The van der Waals surface area contributed by atoms with E-state index in [4.69, 9.17) is 8.83 Å². The molecule has 0 spiro atoms. The van der Waals surface area contributed by atoms with Crippen LogP contribution in [-0.4, -0.2) is 12.0 Å². The lowest BCUT2D eigenvalue weighted by Crippen LogP contribution is -2.06. The highest BCUT2D eigenvalue weighted by Crippen LogP contribution is 2.33. The van der Waals surface area contributed by atoms with Gasteiger partial charge in [0.2, 0.25) is 0 Å². The van der Waals surface area contributed by atoms with Crippen LogP contribution in [0.5, 0.6) is 0 Å². The van der Waals surface area contributed by atoms with Gasteiger partial charge in [-0.25, -0.2) is 4.98 Å². The molecule has 0 atom stereocenters. The van der Waals surface area contributed by atoms with Gasteiger partial charge < -0.3 is 14.2 Å². The van der Waals surface area contributed by atoms with Crippen molar-refractivity contribution in [1.29, 1.82) is 0 Å². The van der Waals surface area contributed by atoms with Crippen LogP contribution in [-0.2, 0) is 6.54 Å². The third-order valence-corrected chi connectivity index (χ3v) is 2.77. The van der Waals surface area contributed by atoms with Crippen molar-refractivity contribution in [2.45, 2.75) is 27.3 Å². The summed E-state index contributed by atoms with van der Waals surface area (Å²) in [5, 5.41) is 3.07. The molecule has 0 saturated carbocycles. The van der Waals surface area contributed by atoms with Gasteiger partial charge in [0, 0.05) is 12.1 Å². The minimum absolute atomic E-state index is 0.689. The number of furan rings is 1. The zero-order chi connectivity index (χ0) is 11.7. The quantitative estimate of drug-likeness (QED) is 0.863. The van der Waals surface area contributed by atoms with Crippen LogP contribution in [0.4, 0.5) is 0 Å². The second kappa shape index (κ2) is 4.14. The standard InChI is InChI=1S/C12H16N2O2/c1-7-8(2)16-9(3)11(7)12-10(5-13-4)14-6-15-12/h6,13H,5H2,1-4H3. The number of hydrogen-bond acceptors (Lipinski definition) is 4. The maximum Gasteiger partial charge on any atom is 0.181 e. The summed E-state index contributed by atoms with van der Waals surface area (Å²) in [6, 6.07) is 0. The number of oxazole rings is 1. The van der Waals surface area contributed by atoms with Crippen LogP contribution in [0.1, 0.15) is 22.8 Å². The highest BCUT2D eigenvalue weighted by atomic mass is 16.4. The molecule has 0 radical (unpaired) electrons. The predicted molar refractivity (Wildman–Crippen MR) is 61.2 cm³/mol. The summed E-state index contributed by atoms with van der Waals surface area (Å²) in [7, 11) is 1.89. The molecule has 0 unspecified atom stereocenters. The fraction of sp³-hybridized carbons (Fsp3) is 0.417. The van der Waals surface area contributed by atoms with Crippen molar-refractivity contribution in [1.82, 2.24) is 10.3 Å². The first-order valence-electron chi connectivity index (χ1n) is 5.29. The molecule has 4 heteroatoms. The smallest absolute Gasteiger partial charge is 0.181 e. The SMILES string of the molecule is CNCc1ncoc1-c1c(C)oc(C)c1C. The van der Waals surface area contributed by atoms with Crippen LogP contribution in [0.2, 0.25) is 0 Å². The molecule has 0 aliphatic heterocycles. The molecular weight excluding hydrogens is 204 g/mol. The van der Waals surface area contributed by atoms with E-state index in [1.165, 1.54) is 6.39 Å².